The van der Waals surface area contributed by atoms with E-state index in [2.05, 4.69) is 58.7 Å². The molecule has 0 radical (unpaired) electrons. The second kappa shape index (κ2) is 15.2. The van der Waals surface area contributed by atoms with Gasteiger partial charge in [-0.05, 0) is 69.3 Å². The summed E-state index contributed by atoms with van der Waals surface area (Å²) in [6, 6.07) is 9.03. The van der Waals surface area contributed by atoms with Crippen LogP contribution in [0.5, 0.6) is 0 Å². The van der Waals surface area contributed by atoms with Gasteiger partial charge in [-0.3, -0.25) is 4.90 Å². The minimum absolute atomic E-state index is 0. The van der Waals surface area contributed by atoms with Crippen LogP contribution in [0.2, 0.25) is 0 Å². The Labute approximate surface area is 218 Å². The fraction of sp³-hybridized carbons (Fsp3) is 0.731. The Morgan fingerprint density at radius 2 is 1.73 bits per heavy atom. The average molecular weight is 572 g/mol. The maximum Gasteiger partial charge on any atom is 0.191 e. The summed E-state index contributed by atoms with van der Waals surface area (Å²) < 4.78 is 5.38. The Balaban J connectivity index is 0.00000385. The van der Waals surface area contributed by atoms with Crippen LogP contribution in [0.4, 0.5) is 0 Å². The molecule has 0 aromatic heterocycles. The van der Waals surface area contributed by atoms with E-state index < -0.39 is 0 Å². The highest BCUT2D eigenvalue weighted by Gasteiger charge is 2.33. The van der Waals surface area contributed by atoms with Gasteiger partial charge in [0.25, 0.3) is 0 Å². The smallest absolute Gasteiger partial charge is 0.191 e. The third-order valence-electron chi connectivity index (χ3n) is 7.14. The van der Waals surface area contributed by atoms with E-state index in [1.54, 1.807) is 7.11 Å². The van der Waals surface area contributed by atoms with Gasteiger partial charge in [-0.25, -0.2) is 4.99 Å². The van der Waals surface area contributed by atoms with Crippen molar-refractivity contribution in [3.8, 4) is 0 Å². The van der Waals surface area contributed by atoms with Crippen molar-refractivity contribution in [2.45, 2.75) is 58.5 Å². The average Bonchev–Trinajstić information content (AvgIpc) is 3.18. The van der Waals surface area contributed by atoms with E-state index >= 15 is 0 Å². The normalized spacial score (nSPS) is 19.7. The highest BCUT2D eigenvalue weighted by molar-refractivity contribution is 14.0. The molecule has 0 unspecified atom stereocenters. The lowest BCUT2D eigenvalue weighted by molar-refractivity contribution is 0.138. The third kappa shape index (κ3) is 9.70. The molecule has 1 saturated heterocycles. The summed E-state index contributed by atoms with van der Waals surface area (Å²) in [7, 11) is 4.03. The zero-order valence-electron chi connectivity index (χ0n) is 21.1. The molecule has 0 spiro atoms. The summed E-state index contributed by atoms with van der Waals surface area (Å²) in [5.74, 6) is 0.925. The van der Waals surface area contributed by atoms with Crippen LogP contribution in [0, 0.1) is 5.41 Å². The van der Waals surface area contributed by atoms with Crippen LogP contribution in [0.1, 0.15) is 56.6 Å². The number of nitrogens with one attached hydrogen (secondary N) is 2. The summed E-state index contributed by atoms with van der Waals surface area (Å²) in [5, 5.41) is 7.05. The van der Waals surface area contributed by atoms with Crippen LogP contribution in [0.25, 0.3) is 0 Å². The molecule has 7 heteroatoms. The Kier molecular flexibility index (Phi) is 13.0. The van der Waals surface area contributed by atoms with Crippen molar-refractivity contribution in [1.82, 2.24) is 20.4 Å². The molecular weight excluding hydrogens is 525 g/mol. The number of benzene rings is 1. The second-order valence-electron chi connectivity index (χ2n) is 9.75. The molecule has 2 fully saturated rings. The topological polar surface area (TPSA) is 52.1 Å². The molecule has 33 heavy (non-hydrogen) atoms. The fourth-order valence-corrected chi connectivity index (χ4v) is 5.01. The van der Waals surface area contributed by atoms with E-state index in [9.17, 15) is 0 Å². The Hall–Kier alpha value is -0.900. The van der Waals surface area contributed by atoms with Gasteiger partial charge in [0.15, 0.2) is 5.96 Å². The van der Waals surface area contributed by atoms with Crippen LogP contribution in [-0.4, -0.2) is 75.8 Å². The number of guanidine groups is 1. The van der Waals surface area contributed by atoms with Crippen molar-refractivity contribution in [1.29, 1.82) is 0 Å². The highest BCUT2D eigenvalue weighted by atomic mass is 127. The van der Waals surface area contributed by atoms with E-state index in [0.717, 1.165) is 45.2 Å². The van der Waals surface area contributed by atoms with Crippen molar-refractivity contribution in [2.24, 2.45) is 10.4 Å². The van der Waals surface area contributed by atoms with Crippen LogP contribution in [0.15, 0.2) is 29.3 Å². The summed E-state index contributed by atoms with van der Waals surface area (Å²) >= 11 is 0. The van der Waals surface area contributed by atoms with Gasteiger partial charge in [-0.2, -0.15) is 0 Å². The van der Waals surface area contributed by atoms with E-state index in [1.165, 1.54) is 62.9 Å². The monoisotopic (exact) mass is 571 g/mol. The van der Waals surface area contributed by atoms with Crippen molar-refractivity contribution in [3.05, 3.63) is 35.4 Å². The van der Waals surface area contributed by atoms with E-state index in [4.69, 9.17) is 9.73 Å². The summed E-state index contributed by atoms with van der Waals surface area (Å²) in [6.07, 6.45) is 7.63. The number of halogens is 1. The van der Waals surface area contributed by atoms with Crippen LogP contribution in [0.3, 0.4) is 0 Å². The zero-order chi connectivity index (χ0) is 22.7. The lowest BCUT2D eigenvalue weighted by atomic mass is 9.83. The van der Waals surface area contributed by atoms with Crippen LogP contribution < -0.4 is 10.6 Å². The molecule has 3 rings (SSSR count). The first-order valence-corrected chi connectivity index (χ1v) is 12.6. The molecule has 0 atom stereocenters. The van der Waals surface area contributed by atoms with Crippen molar-refractivity contribution < 1.29 is 4.74 Å². The van der Waals surface area contributed by atoms with Gasteiger partial charge in [0.2, 0.25) is 0 Å². The molecule has 2 N–H and O–H groups in total. The number of nitrogens with zero attached hydrogens (tertiary/aromatic N) is 3. The quantitative estimate of drug-likeness (QED) is 0.252. The van der Waals surface area contributed by atoms with E-state index in [-0.39, 0.29) is 24.0 Å². The van der Waals surface area contributed by atoms with Crippen LogP contribution in [-0.2, 0) is 17.8 Å². The maximum atomic E-state index is 5.38. The summed E-state index contributed by atoms with van der Waals surface area (Å²) in [5.41, 5.74) is 3.01. The molecular formula is C26H46IN5O. The number of rotatable bonds is 10. The highest BCUT2D eigenvalue weighted by Crippen LogP contribution is 2.40. The number of hydrogen-bond donors (Lipinski definition) is 2. The third-order valence-corrected chi connectivity index (χ3v) is 7.14. The van der Waals surface area contributed by atoms with Gasteiger partial charge in [-0.1, -0.05) is 37.1 Å². The first kappa shape index (κ1) is 28.3. The first-order chi connectivity index (χ1) is 15.6. The minimum Gasteiger partial charge on any atom is -0.385 e. The Morgan fingerprint density at radius 3 is 2.42 bits per heavy atom. The maximum absolute atomic E-state index is 5.38. The molecule has 1 aromatic rings. The molecule has 188 valence electrons. The lowest BCUT2D eigenvalue weighted by Crippen LogP contribution is -2.43. The van der Waals surface area contributed by atoms with Gasteiger partial charge in [0.05, 0.1) is 6.54 Å². The molecule has 0 amide bonds. The van der Waals surface area contributed by atoms with Gasteiger partial charge >= 0.3 is 0 Å². The fourth-order valence-electron chi connectivity index (χ4n) is 5.01. The van der Waals surface area contributed by atoms with Gasteiger partial charge in [0, 0.05) is 46.4 Å². The predicted molar refractivity (Wildman–Crippen MR) is 149 cm³/mol. The van der Waals surface area contributed by atoms with E-state index in [1.807, 2.05) is 0 Å². The molecule has 0 bridgehead atoms. The standard InChI is InChI=1S/C26H45N5O.HI/c1-4-27-25(29-22-26(14-19-32-3)12-5-6-13-26)28-20-23-8-10-24(11-9-23)21-31-16-7-15-30(2)17-18-31;/h8-11H,4-7,12-22H2,1-3H3,(H2,27,28,29);1H. The molecule has 6 nitrogen and oxygen atoms in total. The lowest BCUT2D eigenvalue weighted by Gasteiger charge is -2.30. The number of hydrogen-bond acceptors (Lipinski definition) is 4. The molecule has 2 aliphatic rings. The zero-order valence-corrected chi connectivity index (χ0v) is 23.4. The SMILES string of the molecule is CCNC(=NCc1ccc(CN2CCCN(C)CC2)cc1)NCC1(CCOC)CCCC1.I. The number of likely N-dealkylation sites (N-methyl/N-ethyl adjacent to an activating group) is 1. The number of methoxy groups -OCH3 is 1. The summed E-state index contributed by atoms with van der Waals surface area (Å²) in [4.78, 5) is 9.88. The largest absolute Gasteiger partial charge is 0.385 e. The summed E-state index contributed by atoms with van der Waals surface area (Å²) in [6.45, 7) is 11.3. The second-order valence-corrected chi connectivity index (χ2v) is 9.75. The van der Waals surface area contributed by atoms with E-state index in [0.29, 0.717) is 12.0 Å². The molecule has 1 aliphatic heterocycles. The van der Waals surface area contributed by atoms with Crippen molar-refractivity contribution in [2.75, 3.05) is 60.0 Å². The Bertz CT molecular complexity index is 690. The van der Waals surface area contributed by atoms with Gasteiger partial charge in [-0.15, -0.1) is 24.0 Å². The van der Waals surface area contributed by atoms with Gasteiger partial charge < -0.3 is 20.3 Å². The first-order valence-electron chi connectivity index (χ1n) is 12.6. The molecule has 1 aliphatic carbocycles. The van der Waals surface area contributed by atoms with Gasteiger partial charge in [0.1, 0.15) is 0 Å². The molecule has 1 aromatic carbocycles. The minimum atomic E-state index is 0. The molecule has 1 saturated carbocycles. The predicted octanol–water partition coefficient (Wildman–Crippen LogP) is 4.09. The number of aliphatic imine (C=N–C) groups is 1. The molecule has 1 heterocycles. The van der Waals surface area contributed by atoms with Crippen molar-refractivity contribution in [3.63, 3.8) is 0 Å². The van der Waals surface area contributed by atoms with Crippen molar-refractivity contribution >= 4 is 29.9 Å². The van der Waals surface area contributed by atoms with Crippen LogP contribution >= 0.6 is 24.0 Å². The Morgan fingerprint density at radius 1 is 1.00 bits per heavy atom. The number of ether oxygens (including phenoxy) is 1.